The molecule has 1 aliphatic rings. The van der Waals surface area contributed by atoms with Crippen molar-refractivity contribution in [3.8, 4) is 11.5 Å². The molecule has 0 aromatic heterocycles. The number of likely N-dealkylation sites (tertiary alicyclic amines) is 1. The Kier molecular flexibility index (Phi) is 12.5. The minimum atomic E-state index is 0. The Morgan fingerprint density at radius 2 is 1.73 bits per heavy atom. The first-order chi connectivity index (χ1) is 13.7. The molecule has 0 aliphatic carbocycles. The zero-order valence-electron chi connectivity index (χ0n) is 17.7. The fourth-order valence-corrected chi connectivity index (χ4v) is 3.84. The lowest BCUT2D eigenvalue weighted by molar-refractivity contribution is 0.259. The standard InChI is InChI=1S/C23H31ClN2O2.2ClH/c1-3-26-13-5-6-21(26)16-25-15-19-9-12-22(23(14-19)27-4-2)28-17-18-7-10-20(24)11-8-18;;/h7-12,14,21,25H,3-6,13,15-17H2,1-2H3;2*1H. The van der Waals surface area contributed by atoms with Crippen LogP contribution in [0.3, 0.4) is 0 Å². The maximum atomic E-state index is 5.99. The predicted octanol–water partition coefficient (Wildman–Crippen LogP) is 5.74. The molecule has 1 saturated heterocycles. The quantitative estimate of drug-likeness (QED) is 0.475. The van der Waals surface area contributed by atoms with E-state index in [1.165, 1.54) is 24.9 Å². The molecule has 4 nitrogen and oxygen atoms in total. The van der Waals surface area contributed by atoms with Gasteiger partial charge in [0.25, 0.3) is 0 Å². The van der Waals surface area contributed by atoms with Crippen molar-refractivity contribution in [2.75, 3.05) is 26.2 Å². The summed E-state index contributed by atoms with van der Waals surface area (Å²) in [5.41, 5.74) is 2.29. The van der Waals surface area contributed by atoms with Crippen molar-refractivity contribution in [2.24, 2.45) is 0 Å². The van der Waals surface area contributed by atoms with E-state index in [1.54, 1.807) is 0 Å². The third-order valence-corrected chi connectivity index (χ3v) is 5.48. The van der Waals surface area contributed by atoms with Gasteiger partial charge in [0.15, 0.2) is 11.5 Å². The van der Waals surface area contributed by atoms with Crippen LogP contribution in [0.1, 0.15) is 37.8 Å². The molecule has 0 spiro atoms. The van der Waals surface area contributed by atoms with Crippen LogP contribution in [-0.2, 0) is 13.2 Å². The predicted molar refractivity (Wildman–Crippen MR) is 130 cm³/mol. The highest BCUT2D eigenvalue weighted by atomic mass is 35.5. The molecule has 0 radical (unpaired) electrons. The summed E-state index contributed by atoms with van der Waals surface area (Å²) in [6, 6.07) is 14.6. The summed E-state index contributed by atoms with van der Waals surface area (Å²) < 4.78 is 11.8. The maximum absolute atomic E-state index is 5.99. The summed E-state index contributed by atoms with van der Waals surface area (Å²) in [6.07, 6.45) is 2.61. The van der Waals surface area contributed by atoms with Gasteiger partial charge in [-0.15, -0.1) is 24.8 Å². The van der Waals surface area contributed by atoms with Crippen LogP contribution >= 0.6 is 36.4 Å². The Morgan fingerprint density at radius 1 is 1.00 bits per heavy atom. The minimum absolute atomic E-state index is 0. The highest BCUT2D eigenvalue weighted by molar-refractivity contribution is 6.30. The Labute approximate surface area is 198 Å². The molecular weight excluding hydrogens is 443 g/mol. The molecule has 0 amide bonds. The number of nitrogens with zero attached hydrogens (tertiary/aromatic N) is 1. The zero-order valence-corrected chi connectivity index (χ0v) is 20.1. The van der Waals surface area contributed by atoms with Crippen LogP contribution in [0.5, 0.6) is 11.5 Å². The minimum Gasteiger partial charge on any atom is -0.490 e. The van der Waals surface area contributed by atoms with Crippen molar-refractivity contribution in [1.29, 1.82) is 0 Å². The van der Waals surface area contributed by atoms with Crippen molar-refractivity contribution in [3.05, 3.63) is 58.6 Å². The van der Waals surface area contributed by atoms with Gasteiger partial charge in [0, 0.05) is 24.2 Å². The van der Waals surface area contributed by atoms with E-state index < -0.39 is 0 Å². The van der Waals surface area contributed by atoms with Crippen LogP contribution in [0.15, 0.2) is 42.5 Å². The van der Waals surface area contributed by atoms with Gasteiger partial charge in [0.05, 0.1) is 6.61 Å². The van der Waals surface area contributed by atoms with E-state index in [1.807, 2.05) is 37.3 Å². The number of hydrogen-bond donors (Lipinski definition) is 1. The summed E-state index contributed by atoms with van der Waals surface area (Å²) in [7, 11) is 0. The lowest BCUT2D eigenvalue weighted by Crippen LogP contribution is -2.37. The number of benzene rings is 2. The Morgan fingerprint density at radius 3 is 2.43 bits per heavy atom. The average molecular weight is 476 g/mol. The van der Waals surface area contributed by atoms with E-state index in [-0.39, 0.29) is 24.8 Å². The van der Waals surface area contributed by atoms with Gasteiger partial charge >= 0.3 is 0 Å². The highest BCUT2D eigenvalue weighted by Crippen LogP contribution is 2.29. The second-order valence-electron chi connectivity index (χ2n) is 7.18. The maximum Gasteiger partial charge on any atom is 0.161 e. The smallest absolute Gasteiger partial charge is 0.161 e. The monoisotopic (exact) mass is 474 g/mol. The lowest BCUT2D eigenvalue weighted by Gasteiger charge is -2.23. The Balaban J connectivity index is 0.00000225. The first-order valence-electron chi connectivity index (χ1n) is 10.3. The largest absolute Gasteiger partial charge is 0.490 e. The van der Waals surface area contributed by atoms with Crippen LogP contribution in [0.2, 0.25) is 5.02 Å². The first kappa shape index (κ1) is 26.9. The highest BCUT2D eigenvalue weighted by Gasteiger charge is 2.22. The van der Waals surface area contributed by atoms with Crippen LogP contribution in [0, 0.1) is 0 Å². The third kappa shape index (κ3) is 7.82. The van der Waals surface area contributed by atoms with Gasteiger partial charge in [-0.05, 0) is 68.2 Å². The third-order valence-electron chi connectivity index (χ3n) is 5.23. The van der Waals surface area contributed by atoms with Crippen molar-refractivity contribution >= 4 is 36.4 Å². The van der Waals surface area contributed by atoms with Crippen molar-refractivity contribution in [2.45, 2.75) is 45.9 Å². The van der Waals surface area contributed by atoms with E-state index in [0.717, 1.165) is 41.7 Å². The summed E-state index contributed by atoms with van der Waals surface area (Å²) in [4.78, 5) is 2.56. The van der Waals surface area contributed by atoms with Gasteiger partial charge in [0.1, 0.15) is 6.61 Å². The summed E-state index contributed by atoms with van der Waals surface area (Å²) >= 11 is 5.94. The van der Waals surface area contributed by atoms with E-state index >= 15 is 0 Å². The summed E-state index contributed by atoms with van der Waals surface area (Å²) in [6.45, 7) is 9.59. The average Bonchev–Trinajstić information content (AvgIpc) is 3.16. The number of nitrogens with one attached hydrogen (secondary N) is 1. The lowest BCUT2D eigenvalue weighted by atomic mass is 10.1. The Hall–Kier alpha value is -1.17. The molecule has 1 heterocycles. The molecule has 0 saturated carbocycles. The van der Waals surface area contributed by atoms with Gasteiger partial charge < -0.3 is 14.8 Å². The van der Waals surface area contributed by atoms with E-state index in [4.69, 9.17) is 21.1 Å². The molecule has 2 aromatic rings. The van der Waals surface area contributed by atoms with Gasteiger partial charge in [-0.2, -0.15) is 0 Å². The first-order valence-corrected chi connectivity index (χ1v) is 10.6. The topological polar surface area (TPSA) is 33.7 Å². The molecular formula is C23H33Cl3N2O2. The molecule has 30 heavy (non-hydrogen) atoms. The van der Waals surface area contributed by atoms with Gasteiger partial charge in [-0.25, -0.2) is 0 Å². The molecule has 1 atom stereocenters. The van der Waals surface area contributed by atoms with Gasteiger partial charge in [-0.1, -0.05) is 36.7 Å². The van der Waals surface area contributed by atoms with Gasteiger partial charge in [-0.3, -0.25) is 4.90 Å². The second-order valence-corrected chi connectivity index (χ2v) is 7.62. The number of rotatable bonds is 10. The molecule has 0 bridgehead atoms. The van der Waals surface area contributed by atoms with Crippen molar-refractivity contribution in [1.82, 2.24) is 10.2 Å². The molecule has 1 unspecified atom stereocenters. The SMILES string of the molecule is CCOc1cc(CNCC2CCCN2CC)ccc1OCc1ccc(Cl)cc1.Cl.Cl. The fraction of sp³-hybridized carbons (Fsp3) is 0.478. The summed E-state index contributed by atoms with van der Waals surface area (Å²) in [5.74, 6) is 1.57. The van der Waals surface area contributed by atoms with E-state index in [9.17, 15) is 0 Å². The van der Waals surface area contributed by atoms with E-state index in [0.29, 0.717) is 19.3 Å². The number of ether oxygens (including phenoxy) is 2. The summed E-state index contributed by atoms with van der Waals surface area (Å²) in [5, 5.41) is 4.34. The molecule has 3 rings (SSSR count). The van der Waals surface area contributed by atoms with E-state index in [2.05, 4.69) is 29.3 Å². The number of likely N-dealkylation sites (N-methyl/N-ethyl adjacent to an activating group) is 1. The van der Waals surface area contributed by atoms with Crippen LogP contribution in [0.4, 0.5) is 0 Å². The van der Waals surface area contributed by atoms with Gasteiger partial charge in [0.2, 0.25) is 0 Å². The second kappa shape index (κ2) is 14.0. The Bertz CT molecular complexity index is 744. The van der Waals surface area contributed by atoms with Crippen LogP contribution in [0.25, 0.3) is 0 Å². The number of halogens is 3. The molecule has 1 N–H and O–H groups in total. The molecule has 1 fully saturated rings. The molecule has 7 heteroatoms. The van der Waals surface area contributed by atoms with Crippen molar-refractivity contribution in [3.63, 3.8) is 0 Å². The fourth-order valence-electron chi connectivity index (χ4n) is 3.72. The normalized spacial score (nSPS) is 15.9. The zero-order chi connectivity index (χ0) is 19.8. The van der Waals surface area contributed by atoms with Crippen LogP contribution < -0.4 is 14.8 Å². The molecule has 168 valence electrons. The number of hydrogen-bond acceptors (Lipinski definition) is 4. The van der Waals surface area contributed by atoms with Crippen molar-refractivity contribution < 1.29 is 9.47 Å². The molecule has 1 aliphatic heterocycles. The van der Waals surface area contributed by atoms with Crippen LogP contribution in [-0.4, -0.2) is 37.2 Å². The molecule has 2 aromatic carbocycles.